The van der Waals surface area contributed by atoms with Crippen LogP contribution < -0.4 is 0 Å². The number of benzene rings is 4. The molecule has 0 fully saturated rings. The van der Waals surface area contributed by atoms with Crippen molar-refractivity contribution in [1.82, 2.24) is 0 Å². The topological polar surface area (TPSA) is 20.2 Å². The van der Waals surface area contributed by atoms with Crippen molar-refractivity contribution in [3.05, 3.63) is 142 Å². The first-order valence-corrected chi connectivity index (χ1v) is 9.37. The zero-order valence-electron chi connectivity index (χ0n) is 14.8. The van der Waals surface area contributed by atoms with Crippen molar-refractivity contribution < 1.29 is 5.11 Å². The van der Waals surface area contributed by atoms with Crippen LogP contribution in [0.25, 0.3) is 0 Å². The molecule has 4 aromatic carbocycles. The van der Waals surface area contributed by atoms with Gasteiger partial charge in [0.25, 0.3) is 0 Å². The summed E-state index contributed by atoms with van der Waals surface area (Å²) in [7, 11) is 0. The molecule has 0 unspecified atom stereocenters. The standard InChI is InChI=1S/C26H18O/c27-26-22-15-7-4-12-19(22)25(18-10-2-1-3-11-18,20-13-5-8-16-23(20)26)21-14-6-9-17-24(21)26/h1-17,27H. The number of rotatable bonds is 1. The third kappa shape index (κ3) is 1.56. The Morgan fingerprint density at radius 2 is 0.741 bits per heavy atom. The molecule has 3 aliphatic carbocycles. The molecule has 3 aliphatic rings. The van der Waals surface area contributed by atoms with Gasteiger partial charge in [-0.25, -0.2) is 0 Å². The van der Waals surface area contributed by atoms with E-state index in [-0.39, 0.29) is 0 Å². The van der Waals surface area contributed by atoms with Gasteiger partial charge in [-0.3, -0.25) is 0 Å². The van der Waals surface area contributed by atoms with Crippen molar-refractivity contribution >= 4 is 0 Å². The summed E-state index contributed by atoms with van der Waals surface area (Å²) in [6.07, 6.45) is 0. The lowest BCUT2D eigenvalue weighted by molar-refractivity contribution is 0.109. The maximum atomic E-state index is 12.1. The highest BCUT2D eigenvalue weighted by Crippen LogP contribution is 2.62. The largest absolute Gasteiger partial charge is 0.376 e. The van der Waals surface area contributed by atoms with Gasteiger partial charge in [-0.1, -0.05) is 103 Å². The van der Waals surface area contributed by atoms with Crippen LogP contribution in [0.4, 0.5) is 0 Å². The summed E-state index contributed by atoms with van der Waals surface area (Å²) < 4.78 is 0. The fourth-order valence-electron chi connectivity index (χ4n) is 5.40. The van der Waals surface area contributed by atoms with Gasteiger partial charge in [0.15, 0.2) is 0 Å². The Morgan fingerprint density at radius 3 is 1.15 bits per heavy atom. The first kappa shape index (κ1) is 15.0. The Kier molecular flexibility index (Phi) is 2.75. The lowest BCUT2D eigenvalue weighted by Gasteiger charge is -2.54. The van der Waals surface area contributed by atoms with Gasteiger partial charge in [-0.15, -0.1) is 0 Å². The molecule has 0 saturated heterocycles. The van der Waals surface area contributed by atoms with Gasteiger partial charge in [0.1, 0.15) is 5.60 Å². The highest BCUT2D eigenvalue weighted by molar-refractivity contribution is 5.77. The average Bonchev–Trinajstić information content (AvgIpc) is 2.75. The summed E-state index contributed by atoms with van der Waals surface area (Å²) in [5.74, 6) is 0. The normalized spacial score (nSPS) is 24.0. The molecule has 7 rings (SSSR count). The molecule has 27 heavy (non-hydrogen) atoms. The smallest absolute Gasteiger partial charge is 0.141 e. The third-order valence-corrected chi connectivity index (χ3v) is 6.37. The maximum Gasteiger partial charge on any atom is 0.141 e. The Hall–Kier alpha value is -3.16. The highest BCUT2D eigenvalue weighted by atomic mass is 16.3. The summed E-state index contributed by atoms with van der Waals surface area (Å²) in [6.45, 7) is 0. The minimum absolute atomic E-state index is 0.407. The fraction of sp³-hybridized carbons (Fsp3) is 0.0769. The van der Waals surface area contributed by atoms with Crippen LogP contribution in [0.5, 0.6) is 0 Å². The number of hydrogen-bond acceptors (Lipinski definition) is 1. The second kappa shape index (κ2) is 4.97. The molecule has 0 aromatic heterocycles. The Balaban J connectivity index is 1.91. The van der Waals surface area contributed by atoms with E-state index in [0.717, 1.165) is 16.7 Å². The molecule has 128 valence electrons. The Morgan fingerprint density at radius 1 is 0.407 bits per heavy atom. The van der Waals surface area contributed by atoms with E-state index >= 15 is 0 Å². The van der Waals surface area contributed by atoms with E-state index in [1.807, 2.05) is 18.2 Å². The molecule has 1 heteroatoms. The van der Waals surface area contributed by atoms with Gasteiger partial charge >= 0.3 is 0 Å². The Labute approximate surface area is 158 Å². The molecule has 0 atom stereocenters. The van der Waals surface area contributed by atoms with Crippen LogP contribution in [-0.4, -0.2) is 5.11 Å². The highest BCUT2D eigenvalue weighted by Gasteiger charge is 2.58. The molecular weight excluding hydrogens is 328 g/mol. The van der Waals surface area contributed by atoms with Crippen molar-refractivity contribution in [3.63, 3.8) is 0 Å². The monoisotopic (exact) mass is 346 g/mol. The van der Waals surface area contributed by atoms with E-state index in [1.54, 1.807) is 0 Å². The second-order valence-corrected chi connectivity index (χ2v) is 7.46. The van der Waals surface area contributed by atoms with E-state index < -0.39 is 11.0 Å². The minimum Gasteiger partial charge on any atom is -0.376 e. The van der Waals surface area contributed by atoms with E-state index in [0.29, 0.717) is 0 Å². The summed E-state index contributed by atoms with van der Waals surface area (Å²) in [5, 5.41) is 12.1. The average molecular weight is 346 g/mol. The van der Waals surface area contributed by atoms with Crippen molar-refractivity contribution in [2.45, 2.75) is 11.0 Å². The third-order valence-electron chi connectivity index (χ3n) is 6.37. The van der Waals surface area contributed by atoms with Crippen molar-refractivity contribution in [3.8, 4) is 0 Å². The molecule has 0 heterocycles. The molecule has 0 spiro atoms. The molecule has 0 aliphatic heterocycles. The van der Waals surface area contributed by atoms with E-state index in [1.165, 1.54) is 22.3 Å². The lowest BCUT2D eigenvalue weighted by Crippen LogP contribution is -2.51. The molecule has 0 radical (unpaired) electrons. The van der Waals surface area contributed by atoms with Crippen molar-refractivity contribution in [1.29, 1.82) is 0 Å². The molecule has 1 N–H and O–H groups in total. The van der Waals surface area contributed by atoms with Crippen LogP contribution in [0, 0.1) is 0 Å². The first-order chi connectivity index (χ1) is 13.3. The lowest BCUT2D eigenvalue weighted by atomic mass is 9.49. The first-order valence-electron chi connectivity index (χ1n) is 9.37. The van der Waals surface area contributed by atoms with Crippen LogP contribution in [0.1, 0.15) is 38.9 Å². The molecule has 4 aromatic rings. The van der Waals surface area contributed by atoms with Gasteiger partial charge in [-0.2, -0.15) is 0 Å². The van der Waals surface area contributed by atoms with Crippen LogP contribution in [-0.2, 0) is 11.0 Å². The van der Waals surface area contributed by atoms with Crippen molar-refractivity contribution in [2.75, 3.05) is 0 Å². The molecule has 0 saturated carbocycles. The Bertz CT molecular complexity index is 1070. The van der Waals surface area contributed by atoms with Gasteiger partial charge in [-0.05, 0) is 38.9 Å². The molecule has 0 amide bonds. The number of aliphatic hydroxyl groups is 1. The summed E-state index contributed by atoms with van der Waals surface area (Å²) in [5.41, 5.74) is 6.22. The van der Waals surface area contributed by atoms with Gasteiger partial charge in [0.05, 0.1) is 5.41 Å². The van der Waals surface area contributed by atoms with E-state index in [9.17, 15) is 5.11 Å². The van der Waals surface area contributed by atoms with E-state index in [4.69, 9.17) is 0 Å². The zero-order valence-corrected chi connectivity index (χ0v) is 14.8. The van der Waals surface area contributed by atoms with Gasteiger partial charge < -0.3 is 5.11 Å². The second-order valence-electron chi connectivity index (χ2n) is 7.46. The summed E-state index contributed by atoms with van der Waals surface area (Å²) >= 11 is 0. The quantitative estimate of drug-likeness (QED) is 0.515. The molecule has 1 nitrogen and oxygen atoms in total. The minimum atomic E-state index is -1.11. The SMILES string of the molecule is OC12c3ccccc3C(c3ccccc3)(c3ccccc31)c1ccccc12. The van der Waals surface area contributed by atoms with Crippen molar-refractivity contribution in [2.24, 2.45) is 0 Å². The predicted octanol–water partition coefficient (Wildman–Crippen LogP) is 4.98. The number of hydrogen-bond donors (Lipinski definition) is 1. The van der Waals surface area contributed by atoms with Crippen LogP contribution >= 0.6 is 0 Å². The molecular formula is C26H18O. The zero-order chi connectivity index (χ0) is 18.1. The van der Waals surface area contributed by atoms with Crippen LogP contribution in [0.2, 0.25) is 0 Å². The van der Waals surface area contributed by atoms with E-state index in [2.05, 4.69) is 84.9 Å². The summed E-state index contributed by atoms with van der Waals surface area (Å²) in [4.78, 5) is 0. The fourth-order valence-corrected chi connectivity index (χ4v) is 5.40. The van der Waals surface area contributed by atoms with Gasteiger partial charge in [0.2, 0.25) is 0 Å². The van der Waals surface area contributed by atoms with Gasteiger partial charge in [0, 0.05) is 0 Å². The summed E-state index contributed by atoms with van der Waals surface area (Å²) in [6, 6.07) is 35.8. The predicted molar refractivity (Wildman–Crippen MR) is 107 cm³/mol. The molecule has 2 bridgehead atoms. The van der Waals surface area contributed by atoms with Crippen LogP contribution in [0.3, 0.4) is 0 Å². The maximum absolute atomic E-state index is 12.1. The van der Waals surface area contributed by atoms with Crippen LogP contribution in [0.15, 0.2) is 103 Å².